The minimum absolute atomic E-state index is 0. The lowest BCUT2D eigenvalue weighted by Gasteiger charge is -2.30. The van der Waals surface area contributed by atoms with Crippen molar-refractivity contribution in [2.75, 3.05) is 19.6 Å². The zero-order valence-electron chi connectivity index (χ0n) is 14.0. The van der Waals surface area contributed by atoms with Gasteiger partial charge in [-0.25, -0.2) is 8.42 Å². The summed E-state index contributed by atoms with van der Waals surface area (Å²) in [4.78, 5) is 13.2. The summed E-state index contributed by atoms with van der Waals surface area (Å²) in [5.74, 6) is -0.361. The van der Waals surface area contributed by atoms with Gasteiger partial charge in [-0.1, -0.05) is 0 Å². The van der Waals surface area contributed by atoms with E-state index in [1.54, 1.807) is 12.1 Å². The second-order valence-electron chi connectivity index (χ2n) is 6.12. The van der Waals surface area contributed by atoms with Crippen molar-refractivity contribution >= 4 is 39.7 Å². The van der Waals surface area contributed by atoms with Crippen molar-refractivity contribution in [3.8, 4) is 0 Å². The van der Waals surface area contributed by atoms with Crippen LogP contribution in [-0.4, -0.2) is 44.3 Å². The number of rotatable bonds is 6. The van der Waals surface area contributed by atoms with Crippen LogP contribution in [0.1, 0.15) is 31.1 Å². The molecule has 0 bridgehead atoms. The molecule has 0 aliphatic carbocycles. The van der Waals surface area contributed by atoms with Gasteiger partial charge in [-0.05, 0) is 45.2 Å². The fourth-order valence-corrected chi connectivity index (χ4v) is 5.58. The van der Waals surface area contributed by atoms with E-state index in [9.17, 15) is 13.2 Å². The Labute approximate surface area is 154 Å². The Kier molecular flexibility index (Phi) is 8.14. The second kappa shape index (κ2) is 9.15. The van der Waals surface area contributed by atoms with Crippen LogP contribution >= 0.6 is 23.7 Å². The van der Waals surface area contributed by atoms with Gasteiger partial charge in [0.2, 0.25) is 5.91 Å². The summed E-state index contributed by atoms with van der Waals surface area (Å²) in [5.41, 5.74) is 5.66. The molecular weight excluding hydrogens is 370 g/mol. The van der Waals surface area contributed by atoms with Crippen molar-refractivity contribution in [2.24, 2.45) is 11.7 Å². The van der Waals surface area contributed by atoms with Crippen LogP contribution < -0.4 is 11.1 Å². The molecule has 1 aromatic heterocycles. The highest BCUT2D eigenvalue weighted by atomic mass is 35.5. The Hall–Kier alpha value is -0.670. The molecule has 0 radical (unpaired) electrons. The van der Waals surface area contributed by atoms with Crippen LogP contribution in [0.3, 0.4) is 0 Å². The topological polar surface area (TPSA) is 92.5 Å². The van der Waals surface area contributed by atoms with Crippen molar-refractivity contribution in [2.45, 2.75) is 43.4 Å². The molecule has 6 nitrogen and oxygen atoms in total. The van der Waals surface area contributed by atoms with E-state index in [-0.39, 0.29) is 36.8 Å². The first-order valence-corrected chi connectivity index (χ1v) is 10.2. The lowest BCUT2D eigenvalue weighted by molar-refractivity contribution is -0.126. The van der Waals surface area contributed by atoms with E-state index in [2.05, 4.69) is 5.32 Å². The normalized spacial score (nSPS) is 20.2. The predicted octanol–water partition coefficient (Wildman–Crippen LogP) is 1.73. The van der Waals surface area contributed by atoms with E-state index in [1.807, 2.05) is 13.8 Å². The lowest BCUT2D eigenvalue weighted by atomic mass is 9.99. The second-order valence-corrected chi connectivity index (χ2v) is 9.58. The van der Waals surface area contributed by atoms with Crippen LogP contribution in [0.25, 0.3) is 0 Å². The van der Waals surface area contributed by atoms with Crippen molar-refractivity contribution in [3.05, 3.63) is 17.0 Å². The van der Waals surface area contributed by atoms with Crippen LogP contribution in [0, 0.1) is 12.8 Å². The number of carbonyl (C=O) groups excluding carboxylic acids is 1. The fraction of sp³-hybridized carbons (Fsp3) is 0.667. The molecule has 2 atom stereocenters. The number of halogens is 1. The predicted molar refractivity (Wildman–Crippen MR) is 99.1 cm³/mol. The van der Waals surface area contributed by atoms with Gasteiger partial charge in [0.1, 0.15) is 4.21 Å². The van der Waals surface area contributed by atoms with Gasteiger partial charge in [0.15, 0.2) is 0 Å². The highest BCUT2D eigenvalue weighted by Gasteiger charge is 2.33. The third-order valence-corrected chi connectivity index (χ3v) is 7.30. The van der Waals surface area contributed by atoms with Gasteiger partial charge >= 0.3 is 0 Å². The minimum atomic E-state index is -3.49. The quantitative estimate of drug-likeness (QED) is 0.767. The van der Waals surface area contributed by atoms with Gasteiger partial charge in [-0.2, -0.15) is 4.31 Å². The molecule has 1 aromatic rings. The van der Waals surface area contributed by atoms with Gasteiger partial charge in [0, 0.05) is 30.6 Å². The first-order valence-electron chi connectivity index (χ1n) is 7.90. The largest absolute Gasteiger partial charge is 0.356 e. The molecule has 9 heteroatoms. The SMILES string of the molecule is Cc1ccc(S(=O)(=O)N2CCCC(C(=O)NCCC(C)N)C2)s1.Cl. The van der Waals surface area contributed by atoms with Crippen LogP contribution in [0.15, 0.2) is 16.3 Å². The van der Waals surface area contributed by atoms with E-state index in [1.165, 1.54) is 15.6 Å². The van der Waals surface area contributed by atoms with Gasteiger partial charge in [-0.15, -0.1) is 23.7 Å². The van der Waals surface area contributed by atoms with Gasteiger partial charge < -0.3 is 11.1 Å². The first kappa shape index (κ1) is 21.4. The first-order chi connectivity index (χ1) is 10.8. The Balaban J connectivity index is 0.00000288. The number of nitrogens with zero attached hydrogens (tertiary/aromatic N) is 1. The average molecular weight is 396 g/mol. The van der Waals surface area contributed by atoms with E-state index < -0.39 is 10.0 Å². The highest BCUT2D eigenvalue weighted by molar-refractivity contribution is 7.91. The van der Waals surface area contributed by atoms with Gasteiger partial charge in [-0.3, -0.25) is 4.79 Å². The molecule has 24 heavy (non-hydrogen) atoms. The van der Waals surface area contributed by atoms with E-state index in [4.69, 9.17) is 5.73 Å². The minimum Gasteiger partial charge on any atom is -0.356 e. The molecule has 1 saturated heterocycles. The summed E-state index contributed by atoms with van der Waals surface area (Å²) >= 11 is 1.27. The number of thiophene rings is 1. The maximum atomic E-state index is 12.7. The van der Waals surface area contributed by atoms with Crippen LogP contribution in [0.5, 0.6) is 0 Å². The third-order valence-electron chi connectivity index (χ3n) is 3.96. The monoisotopic (exact) mass is 395 g/mol. The van der Waals surface area contributed by atoms with Crippen molar-refractivity contribution in [1.29, 1.82) is 0 Å². The number of hydrogen-bond donors (Lipinski definition) is 2. The number of nitrogens with two attached hydrogens (primary N) is 1. The average Bonchev–Trinajstić information content (AvgIpc) is 2.94. The number of nitrogens with one attached hydrogen (secondary N) is 1. The summed E-state index contributed by atoms with van der Waals surface area (Å²) in [5, 5.41) is 2.86. The molecule has 2 unspecified atom stereocenters. The zero-order chi connectivity index (χ0) is 17.0. The van der Waals surface area contributed by atoms with E-state index in [0.717, 1.165) is 17.7 Å². The number of sulfonamides is 1. The van der Waals surface area contributed by atoms with Gasteiger partial charge in [0.05, 0.1) is 5.92 Å². The van der Waals surface area contributed by atoms with Crippen molar-refractivity contribution < 1.29 is 13.2 Å². The lowest BCUT2D eigenvalue weighted by Crippen LogP contribution is -2.45. The Morgan fingerprint density at radius 3 is 2.79 bits per heavy atom. The number of hydrogen-bond acceptors (Lipinski definition) is 5. The van der Waals surface area contributed by atoms with Gasteiger partial charge in [0.25, 0.3) is 10.0 Å². The Morgan fingerprint density at radius 1 is 1.50 bits per heavy atom. The standard InChI is InChI=1S/C15H25N3O3S2.ClH/c1-11(16)7-8-17-15(19)13-4-3-9-18(10-13)23(20,21)14-6-5-12(2)22-14;/h5-6,11,13H,3-4,7-10,16H2,1-2H3,(H,17,19);1H. The van der Waals surface area contributed by atoms with Crippen LogP contribution in [0.4, 0.5) is 0 Å². The molecule has 1 fully saturated rings. The highest BCUT2D eigenvalue weighted by Crippen LogP contribution is 2.28. The number of aryl methyl sites for hydroxylation is 1. The fourth-order valence-electron chi connectivity index (χ4n) is 2.62. The molecule has 1 aliphatic heterocycles. The number of amides is 1. The summed E-state index contributed by atoms with van der Waals surface area (Å²) in [6.45, 7) is 5.04. The number of piperidine rings is 1. The van der Waals surface area contributed by atoms with Crippen molar-refractivity contribution in [3.63, 3.8) is 0 Å². The van der Waals surface area contributed by atoms with Crippen LogP contribution in [-0.2, 0) is 14.8 Å². The molecule has 138 valence electrons. The summed E-state index contributed by atoms with van der Waals surface area (Å²) in [6.07, 6.45) is 2.14. The smallest absolute Gasteiger partial charge is 0.252 e. The third kappa shape index (κ3) is 5.42. The molecule has 0 saturated carbocycles. The maximum absolute atomic E-state index is 12.7. The van der Waals surface area contributed by atoms with E-state index >= 15 is 0 Å². The number of carbonyl (C=O) groups is 1. The van der Waals surface area contributed by atoms with Crippen LogP contribution in [0.2, 0.25) is 0 Å². The molecule has 1 aliphatic rings. The summed E-state index contributed by atoms with van der Waals surface area (Å²) in [6, 6.07) is 3.49. The Bertz CT molecular complexity index is 646. The Morgan fingerprint density at radius 2 is 2.21 bits per heavy atom. The van der Waals surface area contributed by atoms with Crippen molar-refractivity contribution in [1.82, 2.24) is 9.62 Å². The summed E-state index contributed by atoms with van der Waals surface area (Å²) in [7, 11) is -3.49. The maximum Gasteiger partial charge on any atom is 0.252 e. The molecule has 1 amide bonds. The summed E-state index contributed by atoms with van der Waals surface area (Å²) < 4.78 is 27.1. The molecular formula is C15H26ClN3O3S2. The molecule has 2 rings (SSSR count). The molecule has 0 spiro atoms. The van der Waals surface area contributed by atoms with E-state index in [0.29, 0.717) is 23.7 Å². The molecule has 2 heterocycles. The zero-order valence-corrected chi connectivity index (χ0v) is 16.5. The molecule has 0 aromatic carbocycles. The molecule has 3 N–H and O–H groups in total.